The van der Waals surface area contributed by atoms with E-state index in [1.165, 1.54) is 0 Å². The minimum Gasteiger partial charge on any atom is -0.315 e. The minimum absolute atomic E-state index is 0.0786. The zero-order valence-electron chi connectivity index (χ0n) is 10.1. The summed E-state index contributed by atoms with van der Waals surface area (Å²) in [5.74, 6) is 0.210. The van der Waals surface area contributed by atoms with E-state index in [0.717, 1.165) is 17.7 Å². The third-order valence-corrected chi connectivity index (χ3v) is 3.08. The summed E-state index contributed by atoms with van der Waals surface area (Å²) in [5.41, 5.74) is 2.71. The molecule has 0 unspecified atom stereocenters. The van der Waals surface area contributed by atoms with Gasteiger partial charge in [-0.25, -0.2) is 0 Å². The molecule has 1 aliphatic heterocycles. The number of carbonyl (C=O) groups excluding carboxylic acids is 2. The number of rotatable bonds is 3. The smallest absolute Gasteiger partial charge is 0.227 e. The van der Waals surface area contributed by atoms with Crippen LogP contribution in [0.4, 0.5) is 5.69 Å². The van der Waals surface area contributed by atoms with Gasteiger partial charge in [-0.2, -0.15) is 0 Å². The predicted molar refractivity (Wildman–Crippen MR) is 66.4 cm³/mol. The average molecular weight is 232 g/mol. The second kappa shape index (κ2) is 4.67. The summed E-state index contributed by atoms with van der Waals surface area (Å²) >= 11 is 0. The minimum atomic E-state index is 0.0786. The van der Waals surface area contributed by atoms with Gasteiger partial charge in [0, 0.05) is 24.7 Å². The lowest BCUT2D eigenvalue weighted by atomic mass is 9.98. The predicted octanol–water partition coefficient (Wildman–Crippen LogP) is 0.998. The number of benzene rings is 1. The molecule has 0 aromatic heterocycles. The fraction of sp³-hybridized carbons (Fsp3) is 0.385. The number of nitrogens with one attached hydrogen (secondary N) is 1. The fourth-order valence-corrected chi connectivity index (χ4v) is 2.09. The highest BCUT2D eigenvalue weighted by Gasteiger charge is 2.21. The van der Waals surface area contributed by atoms with Gasteiger partial charge in [-0.05, 0) is 37.2 Å². The highest BCUT2D eigenvalue weighted by molar-refractivity contribution is 6.00. The molecular weight excluding hydrogens is 216 g/mol. The van der Waals surface area contributed by atoms with Crippen LogP contribution in [0.2, 0.25) is 0 Å². The highest BCUT2D eigenvalue weighted by Crippen LogP contribution is 2.27. The first-order valence-electron chi connectivity index (χ1n) is 5.70. The molecule has 0 spiro atoms. The van der Waals surface area contributed by atoms with Crippen LogP contribution in [0.3, 0.4) is 0 Å². The summed E-state index contributed by atoms with van der Waals surface area (Å²) in [6.07, 6.45) is 1.24. The van der Waals surface area contributed by atoms with E-state index in [1.807, 2.05) is 12.1 Å². The van der Waals surface area contributed by atoms with E-state index < -0.39 is 0 Å². The van der Waals surface area contributed by atoms with Crippen molar-refractivity contribution < 1.29 is 9.59 Å². The van der Waals surface area contributed by atoms with Crippen LogP contribution in [0.5, 0.6) is 0 Å². The largest absolute Gasteiger partial charge is 0.315 e. The van der Waals surface area contributed by atoms with Crippen molar-refractivity contribution in [1.82, 2.24) is 5.32 Å². The van der Waals surface area contributed by atoms with E-state index in [4.69, 9.17) is 0 Å². The molecule has 0 fully saturated rings. The van der Waals surface area contributed by atoms with Crippen molar-refractivity contribution in [3.8, 4) is 0 Å². The number of amides is 1. The quantitative estimate of drug-likeness (QED) is 0.791. The number of hydrogen-bond acceptors (Lipinski definition) is 3. The Morgan fingerprint density at radius 2 is 2.18 bits per heavy atom. The normalized spacial score (nSPS) is 14.7. The molecule has 0 saturated carbocycles. The van der Waals surface area contributed by atoms with Crippen molar-refractivity contribution in [3.05, 3.63) is 29.3 Å². The van der Waals surface area contributed by atoms with Crippen LogP contribution in [0, 0.1) is 0 Å². The lowest BCUT2D eigenvalue weighted by Crippen LogP contribution is -2.31. The average Bonchev–Trinajstić information content (AvgIpc) is 2.34. The van der Waals surface area contributed by atoms with Crippen molar-refractivity contribution in [3.63, 3.8) is 0 Å². The molecule has 0 saturated heterocycles. The summed E-state index contributed by atoms with van der Waals surface area (Å²) in [7, 11) is 3.53. The maximum Gasteiger partial charge on any atom is 0.227 e. The van der Waals surface area contributed by atoms with Crippen LogP contribution < -0.4 is 10.2 Å². The van der Waals surface area contributed by atoms with Gasteiger partial charge < -0.3 is 10.2 Å². The van der Waals surface area contributed by atoms with Crippen LogP contribution >= 0.6 is 0 Å². The molecule has 4 nitrogen and oxygen atoms in total. The number of Topliss-reactive ketones (excluding diaryl/α,β-unsaturated/α-hetero) is 1. The number of hydrogen-bond donors (Lipinski definition) is 1. The van der Waals surface area contributed by atoms with Crippen molar-refractivity contribution in [2.75, 3.05) is 25.5 Å². The van der Waals surface area contributed by atoms with E-state index in [0.29, 0.717) is 18.5 Å². The Kier molecular flexibility index (Phi) is 3.24. The zero-order valence-corrected chi connectivity index (χ0v) is 10.1. The van der Waals surface area contributed by atoms with Gasteiger partial charge in [0.15, 0.2) is 5.78 Å². The molecule has 17 heavy (non-hydrogen) atoms. The van der Waals surface area contributed by atoms with Gasteiger partial charge in [0.25, 0.3) is 0 Å². The molecule has 1 heterocycles. The number of likely N-dealkylation sites (N-methyl/N-ethyl adjacent to an activating group) is 1. The molecule has 4 heteroatoms. The Hall–Kier alpha value is -1.68. The van der Waals surface area contributed by atoms with E-state index in [1.54, 1.807) is 25.1 Å². The van der Waals surface area contributed by atoms with Gasteiger partial charge in [-0.1, -0.05) is 0 Å². The Bertz CT molecular complexity index is 468. The molecule has 1 aromatic carbocycles. The fourth-order valence-electron chi connectivity index (χ4n) is 2.09. The molecule has 0 radical (unpaired) electrons. The summed E-state index contributed by atoms with van der Waals surface area (Å²) < 4.78 is 0. The van der Waals surface area contributed by atoms with E-state index in [2.05, 4.69) is 5.32 Å². The summed E-state index contributed by atoms with van der Waals surface area (Å²) in [4.78, 5) is 24.9. The molecule has 1 N–H and O–H groups in total. The Balaban J connectivity index is 2.32. The van der Waals surface area contributed by atoms with Crippen molar-refractivity contribution >= 4 is 17.4 Å². The topological polar surface area (TPSA) is 49.4 Å². The number of anilines is 1. The summed E-state index contributed by atoms with van der Waals surface area (Å²) in [6, 6.07) is 5.54. The lowest BCUT2D eigenvalue weighted by Gasteiger charge is -2.26. The van der Waals surface area contributed by atoms with Crippen LogP contribution in [0.15, 0.2) is 18.2 Å². The standard InChI is InChI=1S/C13H16N2O2/c1-14-8-12(16)10-3-5-11-9(7-10)4-6-13(17)15(11)2/h3,5,7,14H,4,6,8H2,1-2H3. The van der Waals surface area contributed by atoms with Gasteiger partial charge in [0.1, 0.15) is 0 Å². The molecular formula is C13H16N2O2. The SMILES string of the molecule is CNCC(=O)c1ccc2c(c1)CCC(=O)N2C. The lowest BCUT2D eigenvalue weighted by molar-refractivity contribution is -0.118. The van der Waals surface area contributed by atoms with Crippen LogP contribution in [-0.2, 0) is 11.2 Å². The first-order chi connectivity index (χ1) is 8.13. The maximum absolute atomic E-state index is 11.7. The molecule has 0 atom stereocenters. The van der Waals surface area contributed by atoms with Gasteiger partial charge in [0.2, 0.25) is 5.91 Å². The van der Waals surface area contributed by atoms with Crippen LogP contribution in [0.25, 0.3) is 0 Å². The number of carbonyl (C=O) groups is 2. The maximum atomic E-state index is 11.7. The summed E-state index contributed by atoms with van der Waals surface area (Å²) in [6.45, 7) is 0.341. The monoisotopic (exact) mass is 232 g/mol. The molecule has 1 aliphatic rings. The van der Waals surface area contributed by atoms with Gasteiger partial charge in [-0.15, -0.1) is 0 Å². The van der Waals surface area contributed by atoms with Crippen LogP contribution in [0.1, 0.15) is 22.3 Å². The van der Waals surface area contributed by atoms with E-state index >= 15 is 0 Å². The molecule has 1 amide bonds. The van der Waals surface area contributed by atoms with Crippen molar-refractivity contribution in [2.45, 2.75) is 12.8 Å². The molecule has 0 aliphatic carbocycles. The van der Waals surface area contributed by atoms with Gasteiger partial charge >= 0.3 is 0 Å². The Morgan fingerprint density at radius 1 is 1.41 bits per heavy atom. The first kappa shape index (κ1) is 11.8. The number of ketones is 1. The highest BCUT2D eigenvalue weighted by atomic mass is 16.2. The second-order valence-electron chi connectivity index (χ2n) is 4.25. The van der Waals surface area contributed by atoms with Gasteiger partial charge in [0.05, 0.1) is 6.54 Å². The third-order valence-electron chi connectivity index (χ3n) is 3.08. The first-order valence-corrected chi connectivity index (χ1v) is 5.70. The molecule has 1 aromatic rings. The van der Waals surface area contributed by atoms with Crippen LogP contribution in [-0.4, -0.2) is 32.3 Å². The van der Waals surface area contributed by atoms with E-state index in [9.17, 15) is 9.59 Å². The van der Waals surface area contributed by atoms with Crippen molar-refractivity contribution in [1.29, 1.82) is 0 Å². The van der Waals surface area contributed by atoms with Crippen molar-refractivity contribution in [2.24, 2.45) is 0 Å². The Morgan fingerprint density at radius 3 is 2.88 bits per heavy atom. The number of aryl methyl sites for hydroxylation is 1. The molecule has 90 valence electrons. The number of nitrogens with zero attached hydrogens (tertiary/aromatic N) is 1. The Labute approximate surface area is 101 Å². The van der Waals surface area contributed by atoms with E-state index in [-0.39, 0.29) is 11.7 Å². The van der Waals surface area contributed by atoms with Gasteiger partial charge in [-0.3, -0.25) is 9.59 Å². The summed E-state index contributed by atoms with van der Waals surface area (Å²) in [5, 5.41) is 2.85. The molecule has 2 rings (SSSR count). The number of fused-ring (bicyclic) bond motifs is 1. The second-order valence-corrected chi connectivity index (χ2v) is 4.25. The molecule has 0 bridgehead atoms. The third kappa shape index (κ3) is 2.22. The zero-order chi connectivity index (χ0) is 12.4.